The lowest BCUT2D eigenvalue weighted by Gasteiger charge is -2.18. The van der Waals surface area contributed by atoms with E-state index in [1.54, 1.807) is 60.7 Å². The van der Waals surface area contributed by atoms with E-state index in [0.717, 1.165) is 24.3 Å². The number of imide groups is 2. The highest BCUT2D eigenvalue weighted by atomic mass is 19.1. The van der Waals surface area contributed by atoms with Crippen LogP contribution < -0.4 is 21.3 Å². The van der Waals surface area contributed by atoms with Crippen LogP contribution in [-0.2, 0) is 0 Å². The monoisotopic (exact) mass is 698 g/mol. The fourth-order valence-electron chi connectivity index (χ4n) is 6.49. The second kappa shape index (κ2) is 11.8. The maximum absolute atomic E-state index is 15.7. The molecule has 8 rings (SSSR count). The van der Waals surface area contributed by atoms with Crippen LogP contribution in [0, 0.1) is 23.3 Å². The molecule has 254 valence electrons. The summed E-state index contributed by atoms with van der Waals surface area (Å²) in [6.07, 6.45) is 0. The van der Waals surface area contributed by atoms with Gasteiger partial charge >= 0.3 is 0 Å². The summed E-state index contributed by atoms with van der Waals surface area (Å²) in [5.74, 6) is -9.28. The fourth-order valence-corrected chi connectivity index (χ4v) is 6.49. The number of carbonyl (C=O) groups is 4. The Kier molecular flexibility index (Phi) is 7.27. The lowest BCUT2D eigenvalue weighted by molar-refractivity contribution is 0.0908. The molecule has 2 heterocycles. The number of hydrogen-bond acceptors (Lipinski definition) is 6. The Morgan fingerprint density at radius 3 is 0.962 bits per heavy atom. The van der Waals surface area contributed by atoms with Crippen LogP contribution in [-0.4, -0.2) is 23.6 Å². The molecule has 2 aliphatic heterocycles. The predicted octanol–water partition coefficient (Wildman–Crippen LogP) is 8.01. The molecule has 4 amide bonds. The van der Waals surface area contributed by atoms with E-state index < -0.39 is 58.3 Å². The first-order chi connectivity index (χ1) is 24.9. The molecule has 0 unspecified atom stereocenters. The van der Waals surface area contributed by atoms with Crippen LogP contribution in [0.1, 0.15) is 41.4 Å². The molecule has 0 atom stereocenters. The van der Waals surface area contributed by atoms with Gasteiger partial charge in [-0.3, -0.25) is 19.2 Å². The SMILES string of the molecule is Nc1ccc(-c2ccc3c(c2)C(=O)N(c2c(F)cc(-c4cc(F)c(N5C(=O)c6ccc(-c7ccc(N)cc7)cc6C5=O)c(F)c4)cc2F)C3=O)cc1. The zero-order valence-electron chi connectivity index (χ0n) is 26.6. The summed E-state index contributed by atoms with van der Waals surface area (Å²) in [6.45, 7) is 0. The second-order valence-corrected chi connectivity index (χ2v) is 12.2. The van der Waals surface area contributed by atoms with Crippen molar-refractivity contribution in [3.8, 4) is 33.4 Å². The van der Waals surface area contributed by atoms with E-state index in [1.807, 2.05) is 0 Å². The van der Waals surface area contributed by atoms with Crippen LogP contribution in [0.2, 0.25) is 0 Å². The first kappa shape index (κ1) is 32.1. The molecular formula is C40H22F4N4O4. The van der Waals surface area contributed by atoms with Crippen molar-refractivity contribution in [2.45, 2.75) is 0 Å². The van der Waals surface area contributed by atoms with Gasteiger partial charge in [-0.25, -0.2) is 27.4 Å². The van der Waals surface area contributed by atoms with E-state index in [9.17, 15) is 19.2 Å². The van der Waals surface area contributed by atoms with Gasteiger partial charge in [0.2, 0.25) is 0 Å². The van der Waals surface area contributed by atoms with Crippen LogP contribution in [0.3, 0.4) is 0 Å². The van der Waals surface area contributed by atoms with Gasteiger partial charge in [0.15, 0.2) is 23.3 Å². The number of nitrogen functional groups attached to an aromatic ring is 2. The molecule has 8 nitrogen and oxygen atoms in total. The molecule has 0 aliphatic carbocycles. The van der Waals surface area contributed by atoms with Crippen molar-refractivity contribution in [3.05, 3.63) is 155 Å². The number of nitrogens with zero attached hydrogens (tertiary/aromatic N) is 2. The molecule has 0 saturated carbocycles. The topological polar surface area (TPSA) is 127 Å². The Hall–Kier alpha value is -7.08. The normalized spacial score (nSPS) is 13.6. The standard InChI is InChI=1S/C40H22F4N4O4/c41-31-15-23(16-32(42)35(31)47-37(49)27-11-5-21(13-29(27)39(47)51)19-1-7-25(45)8-2-19)24-17-33(43)36(34(44)18-24)48-38(50)28-12-6-22(14-30(28)40(48)52)20-3-9-26(46)10-4-20/h1-18H,45-46H2. The number of benzene rings is 6. The minimum absolute atomic E-state index is 0.0681. The maximum Gasteiger partial charge on any atom is 0.266 e. The van der Waals surface area contributed by atoms with Gasteiger partial charge in [0.25, 0.3) is 23.6 Å². The summed E-state index contributed by atoms with van der Waals surface area (Å²) in [6, 6.07) is 25.2. The van der Waals surface area contributed by atoms with Crippen molar-refractivity contribution in [1.29, 1.82) is 0 Å². The van der Waals surface area contributed by atoms with Crippen LogP contribution >= 0.6 is 0 Å². The molecule has 6 aromatic rings. The van der Waals surface area contributed by atoms with Gasteiger partial charge < -0.3 is 11.5 Å². The Morgan fingerprint density at radius 1 is 0.346 bits per heavy atom. The van der Waals surface area contributed by atoms with Crippen molar-refractivity contribution in [2.75, 3.05) is 21.3 Å². The Bertz CT molecular complexity index is 2350. The summed E-state index contributed by atoms with van der Waals surface area (Å²) < 4.78 is 62.7. The lowest BCUT2D eigenvalue weighted by Crippen LogP contribution is -2.31. The summed E-state index contributed by atoms with van der Waals surface area (Å²) in [5, 5.41) is 0. The molecule has 4 N–H and O–H groups in total. The number of carbonyl (C=O) groups excluding carboxylic acids is 4. The third-order valence-corrected chi connectivity index (χ3v) is 9.08. The fraction of sp³-hybridized carbons (Fsp3) is 0. The van der Waals surface area contributed by atoms with E-state index in [0.29, 0.717) is 43.4 Å². The van der Waals surface area contributed by atoms with Gasteiger partial charge in [-0.05, 0) is 106 Å². The average molecular weight is 699 g/mol. The summed E-state index contributed by atoms with van der Waals surface area (Å²) in [7, 11) is 0. The van der Waals surface area contributed by atoms with Crippen molar-refractivity contribution < 1.29 is 36.7 Å². The zero-order chi connectivity index (χ0) is 36.6. The van der Waals surface area contributed by atoms with E-state index >= 15 is 17.6 Å². The van der Waals surface area contributed by atoms with Gasteiger partial charge in [0, 0.05) is 11.4 Å². The number of anilines is 4. The molecule has 6 aromatic carbocycles. The smallest absolute Gasteiger partial charge is 0.266 e. The third kappa shape index (κ3) is 4.99. The highest BCUT2D eigenvalue weighted by Crippen LogP contribution is 2.40. The molecule has 0 spiro atoms. The van der Waals surface area contributed by atoms with Crippen molar-refractivity contribution in [1.82, 2.24) is 0 Å². The number of halogens is 4. The second-order valence-electron chi connectivity index (χ2n) is 12.2. The molecular weight excluding hydrogens is 676 g/mol. The van der Waals surface area contributed by atoms with Crippen LogP contribution in [0.25, 0.3) is 33.4 Å². The van der Waals surface area contributed by atoms with Crippen LogP contribution in [0.5, 0.6) is 0 Å². The maximum atomic E-state index is 15.7. The predicted molar refractivity (Wildman–Crippen MR) is 187 cm³/mol. The number of rotatable bonds is 5. The highest BCUT2D eigenvalue weighted by Gasteiger charge is 2.41. The van der Waals surface area contributed by atoms with Gasteiger partial charge in [0.1, 0.15) is 11.4 Å². The average Bonchev–Trinajstić information content (AvgIpc) is 3.51. The minimum Gasteiger partial charge on any atom is -0.399 e. The number of fused-ring (bicyclic) bond motifs is 2. The Morgan fingerprint density at radius 2 is 0.635 bits per heavy atom. The van der Waals surface area contributed by atoms with E-state index in [4.69, 9.17) is 11.5 Å². The summed E-state index contributed by atoms with van der Waals surface area (Å²) >= 11 is 0. The van der Waals surface area contributed by atoms with Gasteiger partial charge in [-0.1, -0.05) is 36.4 Å². The first-order valence-corrected chi connectivity index (χ1v) is 15.7. The number of amides is 4. The molecule has 0 radical (unpaired) electrons. The molecule has 0 aromatic heterocycles. The number of hydrogen-bond donors (Lipinski definition) is 2. The molecule has 12 heteroatoms. The summed E-state index contributed by atoms with van der Waals surface area (Å²) in [4.78, 5) is 54.0. The van der Waals surface area contributed by atoms with Gasteiger partial charge in [0.05, 0.1) is 22.3 Å². The third-order valence-electron chi connectivity index (χ3n) is 9.08. The van der Waals surface area contributed by atoms with E-state index in [-0.39, 0.29) is 33.4 Å². The molecule has 0 saturated heterocycles. The van der Waals surface area contributed by atoms with Gasteiger partial charge in [-0.2, -0.15) is 0 Å². The van der Waals surface area contributed by atoms with Crippen LogP contribution in [0.15, 0.2) is 109 Å². The van der Waals surface area contributed by atoms with E-state index in [2.05, 4.69) is 0 Å². The Labute approximate surface area is 292 Å². The minimum atomic E-state index is -1.36. The Balaban J connectivity index is 1.09. The lowest BCUT2D eigenvalue weighted by atomic mass is 10.00. The highest BCUT2D eigenvalue weighted by molar-refractivity contribution is 6.35. The zero-order valence-corrected chi connectivity index (χ0v) is 26.6. The van der Waals surface area contributed by atoms with Crippen molar-refractivity contribution in [3.63, 3.8) is 0 Å². The van der Waals surface area contributed by atoms with Crippen molar-refractivity contribution in [2.24, 2.45) is 0 Å². The number of nitrogens with two attached hydrogens (primary N) is 2. The molecule has 0 fully saturated rings. The quantitative estimate of drug-likeness (QED) is 0.107. The van der Waals surface area contributed by atoms with E-state index in [1.165, 1.54) is 24.3 Å². The summed E-state index contributed by atoms with van der Waals surface area (Å²) in [5.41, 5.74) is 12.1. The van der Waals surface area contributed by atoms with Crippen molar-refractivity contribution >= 4 is 46.4 Å². The van der Waals surface area contributed by atoms with Gasteiger partial charge in [-0.15, -0.1) is 0 Å². The first-order valence-electron chi connectivity index (χ1n) is 15.7. The largest absolute Gasteiger partial charge is 0.399 e. The van der Waals surface area contributed by atoms with Crippen LogP contribution in [0.4, 0.5) is 40.3 Å². The molecule has 2 aliphatic rings. The molecule has 0 bridgehead atoms. The molecule has 52 heavy (non-hydrogen) atoms.